The standard InChI is InChI=1S/C21H21N3/c1-3-24-20-13-5-4-8-15(20)16-9-6-12-19(21(16)24)23-18-11-7-10-17(22)14(18)2/h4-13,23H,3,22H2,1-2H3. The fourth-order valence-corrected chi connectivity index (χ4v) is 3.47. The number of para-hydroxylation sites is 2. The second kappa shape index (κ2) is 5.60. The molecule has 0 aliphatic heterocycles. The van der Waals surface area contributed by atoms with Gasteiger partial charge in [-0.25, -0.2) is 0 Å². The molecule has 24 heavy (non-hydrogen) atoms. The molecule has 0 aliphatic carbocycles. The molecule has 120 valence electrons. The van der Waals surface area contributed by atoms with Crippen LogP contribution < -0.4 is 11.1 Å². The van der Waals surface area contributed by atoms with Crippen molar-refractivity contribution in [3.63, 3.8) is 0 Å². The van der Waals surface area contributed by atoms with Gasteiger partial charge in [-0.2, -0.15) is 0 Å². The number of aryl methyl sites for hydroxylation is 1. The number of fused-ring (bicyclic) bond motifs is 3. The molecule has 0 fully saturated rings. The number of aromatic nitrogens is 1. The molecular weight excluding hydrogens is 294 g/mol. The lowest BCUT2D eigenvalue weighted by atomic mass is 10.1. The van der Waals surface area contributed by atoms with Crippen LogP contribution in [0.5, 0.6) is 0 Å². The van der Waals surface area contributed by atoms with Crippen molar-refractivity contribution < 1.29 is 0 Å². The first-order valence-corrected chi connectivity index (χ1v) is 8.32. The molecule has 0 aliphatic rings. The van der Waals surface area contributed by atoms with Crippen LogP contribution in [0.15, 0.2) is 60.7 Å². The molecule has 0 radical (unpaired) electrons. The van der Waals surface area contributed by atoms with E-state index in [1.165, 1.54) is 21.8 Å². The average molecular weight is 315 g/mol. The Balaban J connectivity index is 1.98. The van der Waals surface area contributed by atoms with E-state index in [1.54, 1.807) is 0 Å². The maximum atomic E-state index is 6.06. The third kappa shape index (κ3) is 2.13. The van der Waals surface area contributed by atoms with Crippen LogP contribution in [0.4, 0.5) is 17.1 Å². The van der Waals surface area contributed by atoms with E-state index < -0.39 is 0 Å². The topological polar surface area (TPSA) is 43.0 Å². The Morgan fingerprint density at radius 2 is 1.58 bits per heavy atom. The Labute approximate surface area is 141 Å². The van der Waals surface area contributed by atoms with Gasteiger partial charge in [0.25, 0.3) is 0 Å². The van der Waals surface area contributed by atoms with Gasteiger partial charge in [0.05, 0.1) is 11.2 Å². The molecule has 0 atom stereocenters. The third-order valence-electron chi connectivity index (χ3n) is 4.75. The highest BCUT2D eigenvalue weighted by Crippen LogP contribution is 2.35. The lowest BCUT2D eigenvalue weighted by molar-refractivity contribution is 0.828. The molecule has 0 amide bonds. The minimum absolute atomic E-state index is 0.809. The molecule has 0 saturated heterocycles. The van der Waals surface area contributed by atoms with Crippen molar-refractivity contribution in [2.24, 2.45) is 0 Å². The Bertz CT molecular complexity index is 1040. The van der Waals surface area contributed by atoms with E-state index in [9.17, 15) is 0 Å². The van der Waals surface area contributed by atoms with Gasteiger partial charge in [0, 0.05) is 34.2 Å². The predicted octanol–water partition coefficient (Wildman–Crippen LogP) is 5.45. The van der Waals surface area contributed by atoms with Crippen LogP contribution in [-0.2, 0) is 6.54 Å². The van der Waals surface area contributed by atoms with Crippen molar-refractivity contribution in [3.8, 4) is 0 Å². The Kier molecular flexibility index (Phi) is 3.42. The fourth-order valence-electron chi connectivity index (χ4n) is 3.47. The highest BCUT2D eigenvalue weighted by atomic mass is 15.0. The first-order valence-electron chi connectivity index (χ1n) is 8.32. The first kappa shape index (κ1) is 14.6. The van der Waals surface area contributed by atoms with Crippen molar-refractivity contribution in [2.45, 2.75) is 20.4 Å². The van der Waals surface area contributed by atoms with Gasteiger partial charge >= 0.3 is 0 Å². The lowest BCUT2D eigenvalue weighted by Crippen LogP contribution is -2.00. The number of nitrogens with one attached hydrogen (secondary N) is 1. The fraction of sp³-hybridized carbons (Fsp3) is 0.143. The van der Waals surface area contributed by atoms with Crippen LogP contribution in [0.1, 0.15) is 12.5 Å². The molecule has 0 spiro atoms. The molecule has 1 heterocycles. The van der Waals surface area contributed by atoms with Crippen LogP contribution in [0.3, 0.4) is 0 Å². The molecular formula is C21H21N3. The number of benzene rings is 3. The van der Waals surface area contributed by atoms with E-state index in [4.69, 9.17) is 5.73 Å². The van der Waals surface area contributed by atoms with E-state index in [-0.39, 0.29) is 0 Å². The van der Waals surface area contributed by atoms with Gasteiger partial charge in [-0.15, -0.1) is 0 Å². The normalized spacial score (nSPS) is 11.2. The first-order chi connectivity index (χ1) is 11.7. The van der Waals surface area contributed by atoms with Crippen molar-refractivity contribution in [1.29, 1.82) is 0 Å². The number of anilines is 3. The van der Waals surface area contributed by atoms with Gasteiger partial charge in [0.15, 0.2) is 0 Å². The summed E-state index contributed by atoms with van der Waals surface area (Å²) >= 11 is 0. The van der Waals surface area contributed by atoms with Crippen LogP contribution in [-0.4, -0.2) is 4.57 Å². The molecule has 3 nitrogen and oxygen atoms in total. The zero-order chi connectivity index (χ0) is 16.7. The quantitative estimate of drug-likeness (QED) is 0.494. The monoisotopic (exact) mass is 315 g/mol. The summed E-state index contributed by atoms with van der Waals surface area (Å²) in [6.45, 7) is 5.17. The van der Waals surface area contributed by atoms with Crippen LogP contribution in [0.25, 0.3) is 21.8 Å². The number of hydrogen-bond donors (Lipinski definition) is 2. The van der Waals surface area contributed by atoms with Crippen molar-refractivity contribution in [2.75, 3.05) is 11.1 Å². The van der Waals surface area contributed by atoms with Crippen molar-refractivity contribution in [3.05, 3.63) is 66.2 Å². The molecule has 0 saturated carbocycles. The SMILES string of the molecule is CCn1c2ccccc2c2cccc(Nc3cccc(N)c3C)c21. The zero-order valence-corrected chi connectivity index (χ0v) is 14.0. The average Bonchev–Trinajstić information content (AvgIpc) is 2.94. The Hall–Kier alpha value is -2.94. The van der Waals surface area contributed by atoms with Gasteiger partial charge in [-0.05, 0) is 43.7 Å². The minimum Gasteiger partial charge on any atom is -0.398 e. The summed E-state index contributed by atoms with van der Waals surface area (Å²) in [5.41, 5.74) is 12.6. The smallest absolute Gasteiger partial charge is 0.0730 e. The van der Waals surface area contributed by atoms with E-state index in [1.807, 2.05) is 19.1 Å². The highest BCUT2D eigenvalue weighted by molar-refractivity contribution is 6.12. The number of rotatable bonds is 3. The summed E-state index contributed by atoms with van der Waals surface area (Å²) in [6, 6.07) is 21.0. The minimum atomic E-state index is 0.809. The van der Waals surface area contributed by atoms with E-state index in [2.05, 4.69) is 65.3 Å². The van der Waals surface area contributed by atoms with Gasteiger partial charge in [0.2, 0.25) is 0 Å². The summed E-state index contributed by atoms with van der Waals surface area (Å²) in [7, 11) is 0. The molecule has 1 aromatic heterocycles. The molecule has 0 bridgehead atoms. The predicted molar refractivity (Wildman–Crippen MR) is 104 cm³/mol. The van der Waals surface area contributed by atoms with E-state index in [0.29, 0.717) is 0 Å². The second-order valence-electron chi connectivity index (χ2n) is 6.11. The lowest BCUT2D eigenvalue weighted by Gasteiger charge is -2.14. The van der Waals surface area contributed by atoms with E-state index >= 15 is 0 Å². The van der Waals surface area contributed by atoms with E-state index in [0.717, 1.165) is 29.2 Å². The zero-order valence-electron chi connectivity index (χ0n) is 14.0. The number of nitrogens with zero attached hydrogens (tertiary/aromatic N) is 1. The Morgan fingerprint density at radius 1 is 0.875 bits per heavy atom. The maximum absolute atomic E-state index is 6.06. The molecule has 3 heteroatoms. The van der Waals surface area contributed by atoms with Gasteiger partial charge < -0.3 is 15.6 Å². The molecule has 0 unspecified atom stereocenters. The second-order valence-corrected chi connectivity index (χ2v) is 6.11. The summed E-state index contributed by atoms with van der Waals surface area (Å²) < 4.78 is 2.37. The van der Waals surface area contributed by atoms with Gasteiger partial charge in [-0.1, -0.05) is 36.4 Å². The molecule has 4 aromatic rings. The van der Waals surface area contributed by atoms with Crippen LogP contribution in [0, 0.1) is 6.92 Å². The maximum Gasteiger partial charge on any atom is 0.0730 e. The molecule has 4 rings (SSSR count). The van der Waals surface area contributed by atoms with Crippen molar-refractivity contribution >= 4 is 38.9 Å². The Morgan fingerprint density at radius 3 is 2.42 bits per heavy atom. The molecule has 3 N–H and O–H groups in total. The number of hydrogen-bond acceptors (Lipinski definition) is 2. The highest BCUT2D eigenvalue weighted by Gasteiger charge is 2.13. The molecule has 3 aromatic carbocycles. The third-order valence-corrected chi connectivity index (χ3v) is 4.75. The largest absolute Gasteiger partial charge is 0.398 e. The summed E-state index contributed by atoms with van der Waals surface area (Å²) in [5.74, 6) is 0. The number of nitrogen functional groups attached to an aromatic ring is 1. The van der Waals surface area contributed by atoms with Gasteiger partial charge in [0.1, 0.15) is 0 Å². The van der Waals surface area contributed by atoms with Crippen LogP contribution in [0.2, 0.25) is 0 Å². The number of nitrogens with two attached hydrogens (primary N) is 1. The summed E-state index contributed by atoms with van der Waals surface area (Å²) in [4.78, 5) is 0. The van der Waals surface area contributed by atoms with Crippen LogP contribution >= 0.6 is 0 Å². The van der Waals surface area contributed by atoms with Crippen molar-refractivity contribution in [1.82, 2.24) is 4.57 Å². The summed E-state index contributed by atoms with van der Waals surface area (Å²) in [6.07, 6.45) is 0. The summed E-state index contributed by atoms with van der Waals surface area (Å²) in [5, 5.41) is 6.16. The van der Waals surface area contributed by atoms with Gasteiger partial charge in [-0.3, -0.25) is 0 Å².